The Kier molecular flexibility index (Phi) is 7.56. The zero-order valence-electron chi connectivity index (χ0n) is 27.5. The lowest BCUT2D eigenvalue weighted by atomic mass is 9.88. The third-order valence-corrected chi connectivity index (χ3v) is 9.41. The lowest BCUT2D eigenvalue weighted by Crippen LogP contribution is -2.30. The quantitative estimate of drug-likeness (QED) is 0.167. The molecule has 3 heteroatoms. The van der Waals surface area contributed by atoms with Crippen LogP contribution in [0.1, 0.15) is 56.2 Å². The number of hydrogen-bond donors (Lipinski definition) is 0. The van der Waals surface area contributed by atoms with E-state index in [1.807, 2.05) is 12.1 Å². The number of aromatic nitrogens is 2. The summed E-state index contributed by atoms with van der Waals surface area (Å²) < 4.78 is 18.9. The first-order valence-electron chi connectivity index (χ1n) is 16.3. The fourth-order valence-electron chi connectivity index (χ4n) is 7.05. The number of aryl methyl sites for hydroxylation is 2. The minimum Gasteiger partial charge on any atom is -0.225 e. The maximum absolute atomic E-state index is 13.9. The van der Waals surface area contributed by atoms with E-state index in [4.69, 9.17) is 0 Å². The molecule has 0 radical (unpaired) electrons. The van der Waals surface area contributed by atoms with Gasteiger partial charge in [0, 0.05) is 16.5 Å². The largest absolute Gasteiger partial charge is 0.295 e. The molecule has 7 aromatic rings. The van der Waals surface area contributed by atoms with Gasteiger partial charge in [-0.15, -0.1) is 0 Å². The molecule has 6 aromatic carbocycles. The van der Waals surface area contributed by atoms with Crippen LogP contribution in [0.2, 0.25) is 0 Å². The number of nitrogens with zero attached hydrogens (tertiary/aromatic N) is 2. The molecule has 0 unspecified atom stereocenters. The topological polar surface area (TPSA) is 8.81 Å². The van der Waals surface area contributed by atoms with Crippen molar-refractivity contribution in [2.75, 3.05) is 0 Å². The lowest BCUT2D eigenvalue weighted by molar-refractivity contribution is -0.633. The van der Waals surface area contributed by atoms with E-state index in [2.05, 4.69) is 148 Å². The second kappa shape index (κ2) is 11.7. The Morgan fingerprint density at radius 3 is 1.87 bits per heavy atom. The molecule has 1 heterocycles. The molecular weight excluding hydrogens is 563 g/mol. The molecule has 0 aliphatic carbocycles. The standard InChI is InChI=1S/C43H40FN2/c1-27(2)38-25-32(30-14-8-7-9-15-30)26-39(28(3)4)41(38)46-42-37-18-12-17-35(31-19-21-33(44)22-20-31)36(37)23-24-40(42)45(6)43(46)34-16-11-10-13-29(34)5/h7-28H,1-6H3/q+1. The number of hydrogen-bond acceptors (Lipinski definition) is 0. The molecule has 228 valence electrons. The smallest absolute Gasteiger partial charge is 0.225 e. The summed E-state index contributed by atoms with van der Waals surface area (Å²) in [6.07, 6.45) is 0. The number of rotatable bonds is 6. The highest BCUT2D eigenvalue weighted by Crippen LogP contribution is 2.42. The Balaban J connectivity index is 1.67. The van der Waals surface area contributed by atoms with Gasteiger partial charge in [0.25, 0.3) is 5.82 Å². The van der Waals surface area contributed by atoms with Crippen LogP contribution >= 0.6 is 0 Å². The summed E-state index contributed by atoms with van der Waals surface area (Å²) in [5, 5.41) is 2.32. The molecule has 0 saturated heterocycles. The van der Waals surface area contributed by atoms with E-state index in [-0.39, 0.29) is 17.7 Å². The van der Waals surface area contributed by atoms with E-state index >= 15 is 0 Å². The molecule has 0 bridgehead atoms. The summed E-state index contributed by atoms with van der Waals surface area (Å²) in [4.78, 5) is 0. The van der Waals surface area contributed by atoms with Gasteiger partial charge < -0.3 is 0 Å². The third-order valence-electron chi connectivity index (χ3n) is 9.41. The second-order valence-corrected chi connectivity index (χ2v) is 13.1. The van der Waals surface area contributed by atoms with E-state index in [1.54, 1.807) is 12.1 Å². The molecule has 0 aliphatic heterocycles. The number of halogens is 1. The highest BCUT2D eigenvalue weighted by Gasteiger charge is 2.33. The minimum absolute atomic E-state index is 0.225. The first-order valence-corrected chi connectivity index (χ1v) is 16.3. The summed E-state index contributed by atoms with van der Waals surface area (Å²) in [7, 11) is 2.19. The second-order valence-electron chi connectivity index (χ2n) is 13.1. The average Bonchev–Trinajstić information content (AvgIpc) is 3.36. The predicted octanol–water partition coefficient (Wildman–Crippen LogP) is 11.3. The molecule has 0 spiro atoms. The van der Waals surface area contributed by atoms with Crippen LogP contribution in [0.4, 0.5) is 4.39 Å². The first-order chi connectivity index (χ1) is 22.2. The molecule has 46 heavy (non-hydrogen) atoms. The summed E-state index contributed by atoms with van der Waals surface area (Å²) in [5.74, 6) is 1.50. The van der Waals surface area contributed by atoms with E-state index in [0.29, 0.717) is 0 Å². The molecule has 7 rings (SSSR count). The van der Waals surface area contributed by atoms with Gasteiger partial charge >= 0.3 is 0 Å². The van der Waals surface area contributed by atoms with Gasteiger partial charge in [0.15, 0.2) is 11.0 Å². The van der Waals surface area contributed by atoms with Crippen LogP contribution in [0.3, 0.4) is 0 Å². The van der Waals surface area contributed by atoms with Crippen molar-refractivity contribution in [2.45, 2.75) is 46.5 Å². The van der Waals surface area contributed by atoms with E-state index in [0.717, 1.165) is 22.3 Å². The Labute approximate surface area is 271 Å². The van der Waals surface area contributed by atoms with Crippen LogP contribution in [-0.2, 0) is 7.05 Å². The third kappa shape index (κ3) is 4.91. The lowest BCUT2D eigenvalue weighted by Gasteiger charge is -2.21. The molecule has 0 N–H and O–H groups in total. The van der Waals surface area contributed by atoms with Crippen molar-refractivity contribution in [1.29, 1.82) is 0 Å². The van der Waals surface area contributed by atoms with Gasteiger partial charge in [-0.3, -0.25) is 0 Å². The van der Waals surface area contributed by atoms with Crippen molar-refractivity contribution < 1.29 is 8.96 Å². The molecule has 2 nitrogen and oxygen atoms in total. The van der Waals surface area contributed by atoms with Crippen molar-refractivity contribution in [2.24, 2.45) is 7.05 Å². The van der Waals surface area contributed by atoms with Crippen LogP contribution in [0.25, 0.3) is 61.1 Å². The summed E-state index contributed by atoms with van der Waals surface area (Å²) in [5.41, 5.74) is 13.3. The fraction of sp³-hybridized carbons (Fsp3) is 0.186. The maximum atomic E-state index is 13.9. The minimum atomic E-state index is -0.225. The van der Waals surface area contributed by atoms with Gasteiger partial charge in [-0.1, -0.05) is 100 Å². The molecule has 0 aliphatic rings. The van der Waals surface area contributed by atoms with Gasteiger partial charge in [-0.2, -0.15) is 4.57 Å². The van der Waals surface area contributed by atoms with Crippen molar-refractivity contribution in [1.82, 2.24) is 4.57 Å². The van der Waals surface area contributed by atoms with Crippen molar-refractivity contribution in [3.8, 4) is 39.3 Å². The highest BCUT2D eigenvalue weighted by atomic mass is 19.1. The number of fused-ring (bicyclic) bond motifs is 3. The van der Waals surface area contributed by atoms with E-state index in [1.165, 1.54) is 55.5 Å². The maximum Gasteiger partial charge on any atom is 0.295 e. The number of imidazole rings is 1. The normalized spacial score (nSPS) is 11.8. The highest BCUT2D eigenvalue weighted by molar-refractivity contribution is 6.10. The molecule has 1 aromatic heterocycles. The van der Waals surface area contributed by atoms with Crippen molar-refractivity contribution in [3.05, 3.63) is 144 Å². The average molecular weight is 604 g/mol. The number of benzene rings is 6. The van der Waals surface area contributed by atoms with Crippen LogP contribution in [-0.4, -0.2) is 4.57 Å². The molecule has 0 fully saturated rings. The Bertz CT molecular complexity index is 2190. The SMILES string of the molecule is Cc1ccccc1-c1n(-c2c(C(C)C)cc(-c3ccccc3)cc2C(C)C)c2c3cccc(-c4ccc(F)cc4)c3ccc2[n+]1C. The predicted molar refractivity (Wildman–Crippen MR) is 191 cm³/mol. The fourth-order valence-corrected chi connectivity index (χ4v) is 7.05. The molecule has 0 amide bonds. The van der Waals surface area contributed by atoms with Crippen LogP contribution < -0.4 is 4.57 Å². The Morgan fingerprint density at radius 2 is 1.22 bits per heavy atom. The zero-order valence-corrected chi connectivity index (χ0v) is 27.5. The Hall–Kier alpha value is -5.02. The van der Waals surface area contributed by atoms with E-state index < -0.39 is 0 Å². The van der Waals surface area contributed by atoms with Gasteiger partial charge in [0.05, 0.1) is 12.6 Å². The van der Waals surface area contributed by atoms with Gasteiger partial charge in [-0.25, -0.2) is 8.96 Å². The van der Waals surface area contributed by atoms with Gasteiger partial charge in [0.2, 0.25) is 0 Å². The van der Waals surface area contributed by atoms with E-state index in [9.17, 15) is 4.39 Å². The summed E-state index contributed by atoms with van der Waals surface area (Å²) in [6.45, 7) is 11.4. The molecule has 0 saturated carbocycles. The van der Waals surface area contributed by atoms with Gasteiger partial charge in [0.1, 0.15) is 11.5 Å². The van der Waals surface area contributed by atoms with Crippen molar-refractivity contribution in [3.63, 3.8) is 0 Å². The zero-order chi connectivity index (χ0) is 32.1. The first kappa shape index (κ1) is 29.7. The van der Waals surface area contributed by atoms with Gasteiger partial charge in [-0.05, 0) is 100 Å². The van der Waals surface area contributed by atoms with Crippen molar-refractivity contribution >= 4 is 21.8 Å². The monoisotopic (exact) mass is 603 g/mol. The van der Waals surface area contributed by atoms with Crippen LogP contribution in [0, 0.1) is 12.7 Å². The summed E-state index contributed by atoms with van der Waals surface area (Å²) in [6, 6.07) is 42.1. The van der Waals surface area contributed by atoms with Crippen LogP contribution in [0.15, 0.2) is 121 Å². The molecular formula is C43H40FN2+. The molecule has 0 atom stereocenters. The summed E-state index contributed by atoms with van der Waals surface area (Å²) >= 11 is 0. The van der Waals surface area contributed by atoms with Crippen LogP contribution in [0.5, 0.6) is 0 Å². The Morgan fingerprint density at radius 1 is 0.587 bits per heavy atom.